The predicted molar refractivity (Wildman–Crippen MR) is 135 cm³/mol. The summed E-state index contributed by atoms with van der Waals surface area (Å²) in [6.45, 7) is 13.3. The maximum Gasteiger partial charge on any atom is 0.229 e. The highest BCUT2D eigenvalue weighted by Crippen LogP contribution is 2.14. The van der Waals surface area contributed by atoms with Gasteiger partial charge in [0.2, 0.25) is 11.9 Å². The number of ether oxygens (including phenoxy) is 1. The van der Waals surface area contributed by atoms with Crippen molar-refractivity contribution in [3.63, 3.8) is 0 Å². The molecule has 172 valence electrons. The molecule has 3 rings (SSSR count). The van der Waals surface area contributed by atoms with E-state index in [1.807, 2.05) is 26.0 Å². The van der Waals surface area contributed by atoms with E-state index in [4.69, 9.17) is 21.9 Å². The van der Waals surface area contributed by atoms with Crippen LogP contribution in [0, 0.1) is 27.7 Å². The van der Waals surface area contributed by atoms with Crippen molar-refractivity contribution < 1.29 is 4.74 Å². The molecule has 1 aromatic heterocycles. The Morgan fingerprint density at radius 3 is 2.44 bits per heavy atom. The van der Waals surface area contributed by atoms with Gasteiger partial charge in [0.05, 0.1) is 13.2 Å². The third-order valence-corrected chi connectivity index (χ3v) is 5.42. The van der Waals surface area contributed by atoms with Crippen molar-refractivity contribution >= 4 is 34.9 Å². The van der Waals surface area contributed by atoms with Crippen LogP contribution in [0.4, 0.5) is 11.6 Å². The predicted octanol–water partition coefficient (Wildman–Crippen LogP) is 3.19. The average Bonchev–Trinajstić information content (AvgIpc) is 2.74. The summed E-state index contributed by atoms with van der Waals surface area (Å²) in [4.78, 5) is 16.0. The van der Waals surface area contributed by atoms with E-state index >= 15 is 0 Å². The number of benzene rings is 1. The number of nitrogens with zero attached hydrogens (tertiary/aromatic N) is 4. The van der Waals surface area contributed by atoms with E-state index in [-0.39, 0.29) is 0 Å². The van der Waals surface area contributed by atoms with Gasteiger partial charge in [-0.2, -0.15) is 0 Å². The molecular formula is C23H33N7OS. The van der Waals surface area contributed by atoms with Crippen LogP contribution in [0.2, 0.25) is 0 Å². The molecule has 9 heteroatoms. The fourth-order valence-electron chi connectivity index (χ4n) is 3.40. The number of morpholine rings is 1. The summed E-state index contributed by atoms with van der Waals surface area (Å²) < 4.78 is 5.41. The molecule has 8 nitrogen and oxygen atoms in total. The third-order valence-electron chi connectivity index (χ3n) is 5.22. The smallest absolute Gasteiger partial charge is 0.229 e. The number of hydrogen-bond donors (Lipinski definition) is 3. The van der Waals surface area contributed by atoms with Gasteiger partial charge in [0.15, 0.2) is 5.11 Å². The molecule has 2 aromatic rings. The lowest BCUT2D eigenvalue weighted by molar-refractivity contribution is 0.0377. The maximum absolute atomic E-state index is 5.53. The largest absolute Gasteiger partial charge is 0.379 e. The standard InChI is InChI=1S/C23H33N7OS/c1-16-6-7-20(14-17(16)2)27-23(32)29-21(28-22-25-18(3)15-19(4)26-22)24-8-5-9-30-10-12-31-13-11-30/h6-7,14-15H,5,8-13H2,1-4H3,(H3,24,25,26,27,28,29,32). The van der Waals surface area contributed by atoms with Crippen molar-refractivity contribution in [3.8, 4) is 0 Å². The SMILES string of the molecule is Cc1cc(C)nc(NC(=NCCCN2CCOCC2)NC(=S)Nc2ccc(C)c(C)c2)n1. The summed E-state index contributed by atoms with van der Waals surface area (Å²) in [5.74, 6) is 1.02. The molecule has 0 aliphatic carbocycles. The molecule has 0 amide bonds. The minimum Gasteiger partial charge on any atom is -0.379 e. The number of hydrogen-bond acceptors (Lipinski definition) is 6. The molecule has 0 bridgehead atoms. The quantitative estimate of drug-likeness (QED) is 0.265. The van der Waals surface area contributed by atoms with Crippen LogP contribution in [0.25, 0.3) is 0 Å². The van der Waals surface area contributed by atoms with Crippen LogP contribution in [0.1, 0.15) is 28.9 Å². The number of guanidine groups is 1. The minimum atomic E-state index is 0.456. The Bertz CT molecular complexity index is 937. The molecule has 1 aliphatic heterocycles. The Balaban J connectivity index is 1.63. The van der Waals surface area contributed by atoms with Crippen molar-refractivity contribution in [2.45, 2.75) is 34.1 Å². The van der Waals surface area contributed by atoms with E-state index in [2.05, 4.69) is 56.8 Å². The number of aliphatic imine (C=N–C) groups is 1. The third kappa shape index (κ3) is 7.81. The summed E-state index contributed by atoms with van der Waals surface area (Å²) in [5.41, 5.74) is 5.16. The number of rotatable bonds is 6. The van der Waals surface area contributed by atoms with E-state index in [0.717, 1.165) is 56.3 Å². The van der Waals surface area contributed by atoms with Gasteiger partial charge in [-0.3, -0.25) is 15.2 Å². The second-order valence-electron chi connectivity index (χ2n) is 8.02. The fraction of sp³-hybridized carbons (Fsp3) is 0.478. The highest BCUT2D eigenvalue weighted by atomic mass is 32.1. The summed E-state index contributed by atoms with van der Waals surface area (Å²) >= 11 is 5.53. The molecule has 1 aliphatic rings. The van der Waals surface area contributed by atoms with Gasteiger partial charge >= 0.3 is 0 Å². The number of nitrogens with one attached hydrogen (secondary N) is 3. The normalized spacial score (nSPS) is 14.8. The number of aromatic nitrogens is 2. The molecule has 32 heavy (non-hydrogen) atoms. The summed E-state index contributed by atoms with van der Waals surface area (Å²) in [5, 5.41) is 10.0. The van der Waals surface area contributed by atoms with Crippen LogP contribution >= 0.6 is 12.2 Å². The molecule has 0 unspecified atom stereocenters. The van der Waals surface area contributed by atoms with Crippen LogP contribution in [-0.4, -0.2) is 65.3 Å². The lowest BCUT2D eigenvalue weighted by atomic mass is 10.1. The van der Waals surface area contributed by atoms with Gasteiger partial charge in [0.1, 0.15) is 0 Å². The van der Waals surface area contributed by atoms with Crippen LogP contribution in [0.3, 0.4) is 0 Å². The van der Waals surface area contributed by atoms with Crippen molar-refractivity contribution in [1.29, 1.82) is 0 Å². The van der Waals surface area contributed by atoms with Crippen molar-refractivity contribution in [1.82, 2.24) is 20.2 Å². The summed E-state index contributed by atoms with van der Waals surface area (Å²) in [7, 11) is 0. The van der Waals surface area contributed by atoms with Crippen LogP contribution in [0.15, 0.2) is 29.3 Å². The summed E-state index contributed by atoms with van der Waals surface area (Å²) in [6.07, 6.45) is 0.942. The zero-order valence-electron chi connectivity index (χ0n) is 19.4. The van der Waals surface area contributed by atoms with Gasteiger partial charge in [0.25, 0.3) is 0 Å². The van der Waals surface area contributed by atoms with Gasteiger partial charge < -0.3 is 15.4 Å². The molecule has 0 spiro atoms. The monoisotopic (exact) mass is 455 g/mol. The second-order valence-corrected chi connectivity index (χ2v) is 8.42. The van der Waals surface area contributed by atoms with E-state index < -0.39 is 0 Å². The van der Waals surface area contributed by atoms with E-state index in [9.17, 15) is 0 Å². The Morgan fingerprint density at radius 1 is 1.03 bits per heavy atom. The molecule has 1 saturated heterocycles. The zero-order chi connectivity index (χ0) is 22.9. The van der Waals surface area contributed by atoms with E-state index in [0.29, 0.717) is 23.6 Å². The first kappa shape index (κ1) is 24.0. The van der Waals surface area contributed by atoms with Gasteiger partial charge in [-0.25, -0.2) is 9.97 Å². The Hall–Kier alpha value is -2.62. The van der Waals surface area contributed by atoms with Gasteiger partial charge in [-0.05, 0) is 75.7 Å². The van der Waals surface area contributed by atoms with Crippen molar-refractivity contribution in [3.05, 3.63) is 46.8 Å². The first-order valence-corrected chi connectivity index (χ1v) is 11.4. The molecule has 2 heterocycles. The van der Waals surface area contributed by atoms with Crippen LogP contribution < -0.4 is 16.0 Å². The Labute approximate surface area is 195 Å². The van der Waals surface area contributed by atoms with E-state index in [1.165, 1.54) is 11.1 Å². The van der Waals surface area contributed by atoms with Gasteiger partial charge in [-0.15, -0.1) is 0 Å². The number of thiocarbonyl (C=S) groups is 1. The van der Waals surface area contributed by atoms with Crippen LogP contribution in [-0.2, 0) is 4.74 Å². The molecule has 1 fully saturated rings. The Morgan fingerprint density at radius 2 is 1.75 bits per heavy atom. The summed E-state index contributed by atoms with van der Waals surface area (Å²) in [6, 6.07) is 8.09. The minimum absolute atomic E-state index is 0.456. The highest BCUT2D eigenvalue weighted by Gasteiger charge is 2.10. The number of aryl methyl sites for hydroxylation is 4. The first-order valence-electron chi connectivity index (χ1n) is 11.0. The van der Waals surface area contributed by atoms with E-state index in [1.54, 1.807) is 0 Å². The Kier molecular flexibility index (Phi) is 8.90. The first-order chi connectivity index (χ1) is 15.4. The van der Waals surface area contributed by atoms with Gasteiger partial charge in [0, 0.05) is 43.3 Å². The topological polar surface area (TPSA) is 86.7 Å². The average molecular weight is 456 g/mol. The molecule has 3 N–H and O–H groups in total. The molecule has 1 aromatic carbocycles. The molecule has 0 atom stereocenters. The molecule has 0 saturated carbocycles. The van der Waals surface area contributed by atoms with Gasteiger partial charge in [-0.1, -0.05) is 6.07 Å². The van der Waals surface area contributed by atoms with Crippen molar-refractivity contribution in [2.24, 2.45) is 4.99 Å². The zero-order valence-corrected chi connectivity index (χ0v) is 20.2. The lowest BCUT2D eigenvalue weighted by Gasteiger charge is -2.26. The molecular weight excluding hydrogens is 422 g/mol. The maximum atomic E-state index is 5.53. The lowest BCUT2D eigenvalue weighted by Crippen LogP contribution is -2.39. The highest BCUT2D eigenvalue weighted by molar-refractivity contribution is 7.80. The second kappa shape index (κ2) is 11.8. The van der Waals surface area contributed by atoms with Crippen LogP contribution in [0.5, 0.6) is 0 Å². The number of anilines is 2. The van der Waals surface area contributed by atoms with Crippen molar-refractivity contribution in [2.75, 3.05) is 50.0 Å². The fourth-order valence-corrected chi connectivity index (χ4v) is 3.61. The molecule has 0 radical (unpaired) electrons.